The molecule has 0 bridgehead atoms. The average molecular weight is 490 g/mol. The van der Waals surface area contributed by atoms with Gasteiger partial charge in [-0.05, 0) is 66.9 Å². The van der Waals surface area contributed by atoms with Gasteiger partial charge in [0.1, 0.15) is 18.5 Å². The molecule has 1 aliphatic carbocycles. The highest BCUT2D eigenvalue weighted by Gasteiger charge is 2.31. The number of nitrogens with one attached hydrogen (secondary N) is 1. The van der Waals surface area contributed by atoms with E-state index in [9.17, 15) is 14.3 Å². The Labute approximate surface area is 205 Å². The molecule has 1 amide bonds. The number of aryl methyl sites for hydroxylation is 1. The highest BCUT2D eigenvalue weighted by molar-refractivity contribution is 6.06. The first-order chi connectivity index (χ1) is 17.4. The molecule has 2 aromatic heterocycles. The third-order valence-electron chi connectivity index (χ3n) is 6.67. The summed E-state index contributed by atoms with van der Waals surface area (Å²) < 4.78 is 24.3. The molecule has 1 saturated carbocycles. The van der Waals surface area contributed by atoms with Crippen LogP contribution in [0.25, 0.3) is 17.1 Å². The summed E-state index contributed by atoms with van der Waals surface area (Å²) in [7, 11) is 0. The van der Waals surface area contributed by atoms with Crippen LogP contribution >= 0.6 is 0 Å². The topological polar surface area (TPSA) is 120 Å². The van der Waals surface area contributed by atoms with Gasteiger partial charge in [0.25, 0.3) is 5.91 Å². The Morgan fingerprint density at radius 2 is 2.14 bits per heavy atom. The summed E-state index contributed by atoms with van der Waals surface area (Å²) >= 11 is 0. The van der Waals surface area contributed by atoms with Gasteiger partial charge in [0.15, 0.2) is 11.6 Å². The van der Waals surface area contributed by atoms with Crippen molar-refractivity contribution in [3.63, 3.8) is 0 Å². The van der Waals surface area contributed by atoms with E-state index in [1.165, 1.54) is 16.8 Å². The Hall–Kier alpha value is -4.12. The Morgan fingerprint density at radius 3 is 2.92 bits per heavy atom. The summed E-state index contributed by atoms with van der Waals surface area (Å²) in [5.41, 5.74) is 3.18. The lowest BCUT2D eigenvalue weighted by Crippen LogP contribution is -2.27. The third-order valence-corrected chi connectivity index (χ3v) is 6.67. The average Bonchev–Trinajstić information content (AvgIpc) is 3.43. The van der Waals surface area contributed by atoms with E-state index in [0.717, 1.165) is 18.5 Å². The van der Waals surface area contributed by atoms with E-state index in [0.29, 0.717) is 40.0 Å². The van der Waals surface area contributed by atoms with Crippen LogP contribution in [0.1, 0.15) is 53.3 Å². The van der Waals surface area contributed by atoms with Crippen molar-refractivity contribution in [1.82, 2.24) is 29.8 Å². The molecule has 0 radical (unpaired) electrons. The molecule has 11 heteroatoms. The van der Waals surface area contributed by atoms with Crippen molar-refractivity contribution in [2.24, 2.45) is 0 Å². The number of carbonyl (C=O) groups is 1. The molecule has 0 unspecified atom stereocenters. The lowest BCUT2D eigenvalue weighted by atomic mass is 10.1. The highest BCUT2D eigenvalue weighted by Crippen LogP contribution is 2.40. The number of halogens is 1. The fourth-order valence-electron chi connectivity index (χ4n) is 4.51. The van der Waals surface area contributed by atoms with Crippen LogP contribution in [0.3, 0.4) is 0 Å². The molecule has 1 aliphatic heterocycles. The molecule has 2 atom stereocenters. The van der Waals surface area contributed by atoms with Gasteiger partial charge in [-0.2, -0.15) is 0 Å². The lowest BCUT2D eigenvalue weighted by molar-refractivity contribution is 0.0901. The van der Waals surface area contributed by atoms with Crippen molar-refractivity contribution >= 4 is 11.6 Å². The van der Waals surface area contributed by atoms with Crippen LogP contribution in [0.5, 0.6) is 5.75 Å². The fraction of sp³-hybridized carbons (Fsp3) is 0.320. The molecule has 0 spiro atoms. The first-order valence-electron chi connectivity index (χ1n) is 11.8. The number of carbonyl (C=O) groups excluding carboxylic acids is 1. The van der Waals surface area contributed by atoms with Crippen molar-refractivity contribution in [3.8, 4) is 22.8 Å². The summed E-state index contributed by atoms with van der Waals surface area (Å²) in [6.45, 7) is 3.51. The molecule has 1 fully saturated rings. The van der Waals surface area contributed by atoms with Crippen molar-refractivity contribution in [3.05, 3.63) is 65.5 Å². The minimum absolute atomic E-state index is 0.0859. The number of rotatable bonds is 5. The van der Waals surface area contributed by atoms with E-state index in [-0.39, 0.29) is 12.2 Å². The maximum Gasteiger partial charge on any atom is 0.258 e. The first kappa shape index (κ1) is 22.4. The van der Waals surface area contributed by atoms with Crippen LogP contribution in [-0.4, -0.2) is 53.5 Å². The second-order valence-electron chi connectivity index (χ2n) is 9.30. The number of aliphatic hydroxyl groups excluding tert-OH is 1. The van der Waals surface area contributed by atoms with E-state index in [2.05, 4.69) is 25.8 Å². The first-order valence-corrected chi connectivity index (χ1v) is 11.8. The number of aromatic nitrogens is 6. The van der Waals surface area contributed by atoms with E-state index >= 15 is 0 Å². The predicted octanol–water partition coefficient (Wildman–Crippen LogP) is 3.42. The molecule has 6 rings (SSSR count). The van der Waals surface area contributed by atoms with E-state index in [1.54, 1.807) is 38.4 Å². The summed E-state index contributed by atoms with van der Waals surface area (Å²) in [6.07, 6.45) is 5.11. The van der Waals surface area contributed by atoms with Crippen molar-refractivity contribution < 1.29 is 19.0 Å². The molecule has 3 heterocycles. The Kier molecular flexibility index (Phi) is 5.29. The maximum atomic E-state index is 15.0. The Bertz CT molecular complexity index is 1470. The molecule has 2 aromatic carbocycles. The number of anilines is 1. The largest absolute Gasteiger partial charge is 0.488 e. The van der Waals surface area contributed by atoms with E-state index in [4.69, 9.17) is 4.74 Å². The minimum atomic E-state index is -0.775. The van der Waals surface area contributed by atoms with Crippen molar-refractivity contribution in [2.45, 2.75) is 44.8 Å². The standard InChI is InChI=1S/C25H24FN7O3/c1-13-8-18(26)17(9-21(13)32-10-20(27-12-32)15-6-7-15)25(35)28-19-5-3-4-16-23(19)36-11-22(14(2)34)33-24(16)29-30-31-33/h3-5,8-10,12,14-15,22,34H,6-7,11H2,1-2H3,(H,28,35)/t14-,22-/m0/s1. The maximum absolute atomic E-state index is 15.0. The van der Waals surface area contributed by atoms with Gasteiger partial charge in [0, 0.05) is 12.1 Å². The third kappa shape index (κ3) is 3.81. The van der Waals surface area contributed by atoms with Crippen LogP contribution in [-0.2, 0) is 0 Å². The molecule has 2 aliphatic rings. The van der Waals surface area contributed by atoms with Gasteiger partial charge < -0.3 is 19.7 Å². The normalized spacial score (nSPS) is 17.5. The molecule has 0 saturated heterocycles. The monoisotopic (exact) mass is 489 g/mol. The van der Waals surface area contributed by atoms with Gasteiger partial charge >= 0.3 is 0 Å². The Morgan fingerprint density at radius 1 is 1.31 bits per heavy atom. The SMILES string of the molecule is Cc1cc(F)c(C(=O)Nc2cccc3c2OC[C@@H]([C@H](C)O)n2nnnc2-3)cc1-n1cnc(C2CC2)c1. The van der Waals surface area contributed by atoms with Crippen molar-refractivity contribution in [1.29, 1.82) is 0 Å². The molecule has 184 valence electrons. The highest BCUT2D eigenvalue weighted by atomic mass is 19.1. The number of hydrogen-bond donors (Lipinski definition) is 2. The molecule has 36 heavy (non-hydrogen) atoms. The van der Waals surface area contributed by atoms with Crippen LogP contribution in [0.2, 0.25) is 0 Å². The second kappa shape index (κ2) is 8.52. The zero-order chi connectivity index (χ0) is 25.0. The van der Waals surface area contributed by atoms with E-state index < -0.39 is 23.9 Å². The van der Waals surface area contributed by atoms with Gasteiger partial charge in [-0.15, -0.1) is 5.10 Å². The summed E-state index contributed by atoms with van der Waals surface area (Å²) in [6, 6.07) is 7.52. The number of imidazole rings is 1. The predicted molar refractivity (Wildman–Crippen MR) is 128 cm³/mol. The molecular formula is C25H24FN7O3. The van der Waals surface area contributed by atoms with E-state index in [1.807, 2.05) is 10.8 Å². The summed E-state index contributed by atoms with van der Waals surface area (Å²) in [5.74, 6) is -0.0135. The number of aliphatic hydroxyl groups is 1. The van der Waals surface area contributed by atoms with Crippen LogP contribution < -0.4 is 10.1 Å². The van der Waals surface area contributed by atoms with Gasteiger partial charge in [-0.3, -0.25) is 4.79 Å². The second-order valence-corrected chi connectivity index (χ2v) is 9.30. The van der Waals surface area contributed by atoms with Crippen LogP contribution in [0.4, 0.5) is 10.1 Å². The molecule has 10 nitrogen and oxygen atoms in total. The van der Waals surface area contributed by atoms with Gasteiger partial charge in [0.05, 0.1) is 40.6 Å². The Balaban J connectivity index is 1.33. The number of fused-ring (bicyclic) bond motifs is 3. The minimum Gasteiger partial charge on any atom is -0.488 e. The molecular weight excluding hydrogens is 465 g/mol. The van der Waals surface area contributed by atoms with Gasteiger partial charge in [-0.25, -0.2) is 14.1 Å². The smallest absolute Gasteiger partial charge is 0.258 e. The summed E-state index contributed by atoms with van der Waals surface area (Å²) in [5, 5.41) is 24.8. The number of hydrogen-bond acceptors (Lipinski definition) is 7. The van der Waals surface area contributed by atoms with Crippen LogP contribution in [0, 0.1) is 12.7 Å². The summed E-state index contributed by atoms with van der Waals surface area (Å²) in [4.78, 5) is 17.7. The number of ether oxygens (including phenoxy) is 1. The van der Waals surface area contributed by atoms with Gasteiger partial charge in [0.2, 0.25) is 0 Å². The quantitative estimate of drug-likeness (QED) is 0.441. The zero-order valence-corrected chi connectivity index (χ0v) is 19.7. The lowest BCUT2D eigenvalue weighted by Gasteiger charge is -2.18. The molecule has 4 aromatic rings. The number of benzene rings is 2. The number of tetrazole rings is 1. The van der Waals surface area contributed by atoms with Crippen molar-refractivity contribution in [2.75, 3.05) is 11.9 Å². The zero-order valence-electron chi connectivity index (χ0n) is 19.7. The fourth-order valence-corrected chi connectivity index (χ4v) is 4.51. The number of para-hydroxylation sites is 1. The number of amides is 1. The molecule has 2 N–H and O–H groups in total. The van der Waals surface area contributed by atoms with Crippen LogP contribution in [0.15, 0.2) is 42.9 Å². The number of nitrogens with zero attached hydrogens (tertiary/aromatic N) is 6. The van der Waals surface area contributed by atoms with Gasteiger partial charge in [-0.1, -0.05) is 6.07 Å².